The SMILES string of the molecule is S=C1CNC[N]1. The molecule has 1 rings (SSSR count). The molecule has 1 saturated heterocycles. The van der Waals surface area contributed by atoms with Crippen LogP contribution in [0.4, 0.5) is 0 Å². The summed E-state index contributed by atoms with van der Waals surface area (Å²) in [5.74, 6) is 0. The van der Waals surface area contributed by atoms with Crippen molar-refractivity contribution in [3.8, 4) is 0 Å². The van der Waals surface area contributed by atoms with Gasteiger partial charge in [0.2, 0.25) is 0 Å². The minimum atomic E-state index is 0.721. The van der Waals surface area contributed by atoms with E-state index in [1.807, 2.05) is 0 Å². The van der Waals surface area contributed by atoms with Crippen LogP contribution >= 0.6 is 12.2 Å². The van der Waals surface area contributed by atoms with Gasteiger partial charge in [0, 0.05) is 6.54 Å². The summed E-state index contributed by atoms with van der Waals surface area (Å²) in [6, 6.07) is 0. The number of hydrogen-bond donors (Lipinski definition) is 1. The Kier molecular flexibility index (Phi) is 1.03. The number of thiocarbonyl (C=S) groups is 1. The highest BCUT2D eigenvalue weighted by atomic mass is 32.1. The van der Waals surface area contributed by atoms with Crippen molar-refractivity contribution in [3.05, 3.63) is 0 Å². The van der Waals surface area contributed by atoms with Crippen molar-refractivity contribution in [2.45, 2.75) is 0 Å². The number of nitrogens with zero attached hydrogens (tertiary/aromatic N) is 1. The van der Waals surface area contributed by atoms with Crippen LogP contribution in [0.1, 0.15) is 0 Å². The predicted octanol–water partition coefficient (Wildman–Crippen LogP) is -0.521. The molecule has 0 unspecified atom stereocenters. The average molecular weight is 101 g/mol. The van der Waals surface area contributed by atoms with E-state index in [-0.39, 0.29) is 0 Å². The van der Waals surface area contributed by atoms with Crippen molar-refractivity contribution < 1.29 is 0 Å². The second-order valence-electron chi connectivity index (χ2n) is 1.14. The Morgan fingerprint density at radius 2 is 2.67 bits per heavy atom. The van der Waals surface area contributed by atoms with Crippen LogP contribution in [0.15, 0.2) is 0 Å². The zero-order chi connectivity index (χ0) is 4.41. The maximum atomic E-state index is 4.69. The van der Waals surface area contributed by atoms with Gasteiger partial charge in [-0.3, -0.25) is 10.6 Å². The van der Waals surface area contributed by atoms with Gasteiger partial charge in [-0.25, -0.2) is 0 Å². The Morgan fingerprint density at radius 1 is 1.83 bits per heavy atom. The molecule has 0 atom stereocenters. The van der Waals surface area contributed by atoms with Gasteiger partial charge in [0.05, 0.1) is 6.67 Å². The van der Waals surface area contributed by atoms with Crippen LogP contribution in [0.3, 0.4) is 0 Å². The molecule has 0 bridgehead atoms. The van der Waals surface area contributed by atoms with Crippen molar-refractivity contribution in [2.24, 2.45) is 0 Å². The van der Waals surface area contributed by atoms with Gasteiger partial charge in [-0.05, 0) is 0 Å². The largest absolute Gasteiger partial charge is 0.292 e. The van der Waals surface area contributed by atoms with E-state index in [4.69, 9.17) is 0 Å². The third-order valence-electron chi connectivity index (χ3n) is 0.643. The number of rotatable bonds is 0. The lowest BCUT2D eigenvalue weighted by Gasteiger charge is -1.77. The summed E-state index contributed by atoms with van der Waals surface area (Å²) in [6.07, 6.45) is 0. The van der Waals surface area contributed by atoms with Gasteiger partial charge in [-0.1, -0.05) is 12.2 Å². The van der Waals surface area contributed by atoms with Gasteiger partial charge in [-0.15, -0.1) is 0 Å². The van der Waals surface area contributed by atoms with Gasteiger partial charge < -0.3 is 0 Å². The van der Waals surface area contributed by atoms with Gasteiger partial charge >= 0.3 is 0 Å². The summed E-state index contributed by atoms with van der Waals surface area (Å²) in [6.45, 7) is 1.52. The number of hydrogen-bond acceptors (Lipinski definition) is 2. The van der Waals surface area contributed by atoms with Crippen LogP contribution in [0, 0.1) is 0 Å². The molecular formula is C3H5N2S. The summed E-state index contributed by atoms with van der Waals surface area (Å²) in [5.41, 5.74) is 0. The normalized spacial score (nSPS) is 21.0. The first-order valence-corrected chi connectivity index (χ1v) is 2.21. The molecule has 1 aliphatic rings. The third kappa shape index (κ3) is 0.666. The molecule has 0 spiro atoms. The first kappa shape index (κ1) is 4.02. The Hall–Kier alpha value is -0.150. The van der Waals surface area contributed by atoms with E-state index in [1.54, 1.807) is 0 Å². The Morgan fingerprint density at radius 3 is 2.83 bits per heavy atom. The van der Waals surface area contributed by atoms with Crippen molar-refractivity contribution in [2.75, 3.05) is 13.2 Å². The molecule has 0 aromatic carbocycles. The minimum absolute atomic E-state index is 0.721. The molecule has 0 aromatic heterocycles. The smallest absolute Gasteiger partial charge is 0.113 e. The highest BCUT2D eigenvalue weighted by Gasteiger charge is 2.02. The minimum Gasteiger partial charge on any atom is -0.292 e. The van der Waals surface area contributed by atoms with Crippen LogP contribution in [0.5, 0.6) is 0 Å². The molecule has 1 heterocycles. The predicted molar refractivity (Wildman–Crippen MR) is 27.6 cm³/mol. The monoisotopic (exact) mass is 101 g/mol. The maximum Gasteiger partial charge on any atom is 0.113 e. The lowest BCUT2D eigenvalue weighted by atomic mass is 10.7. The van der Waals surface area contributed by atoms with E-state index in [0.717, 1.165) is 18.2 Å². The summed E-state index contributed by atoms with van der Waals surface area (Å²) < 4.78 is 0. The first-order valence-electron chi connectivity index (χ1n) is 1.80. The standard InChI is InChI=1S/C3H5N2S/c6-3-1-4-2-5-3/h4H,1-2H2. The van der Waals surface area contributed by atoms with Crippen molar-refractivity contribution >= 4 is 17.2 Å². The topological polar surface area (TPSA) is 26.1 Å². The second kappa shape index (κ2) is 1.53. The van der Waals surface area contributed by atoms with Crippen LogP contribution in [-0.2, 0) is 0 Å². The number of nitrogens with one attached hydrogen (secondary N) is 1. The van der Waals surface area contributed by atoms with Crippen LogP contribution < -0.4 is 10.6 Å². The molecule has 0 aromatic rings. The summed E-state index contributed by atoms with van der Waals surface area (Å²) in [5, 5.41) is 6.82. The first-order chi connectivity index (χ1) is 2.89. The molecule has 0 amide bonds. The average Bonchev–Trinajstić information content (AvgIpc) is 1.86. The fourth-order valence-corrected chi connectivity index (χ4v) is 0.529. The Balaban J connectivity index is 2.37. The quantitative estimate of drug-likeness (QED) is 0.415. The summed E-state index contributed by atoms with van der Waals surface area (Å²) in [7, 11) is 0. The molecule has 1 aliphatic heterocycles. The zero-order valence-corrected chi connectivity index (χ0v) is 4.09. The van der Waals surface area contributed by atoms with Gasteiger partial charge in [0.1, 0.15) is 4.99 Å². The fourth-order valence-electron chi connectivity index (χ4n) is 0.363. The molecule has 0 aliphatic carbocycles. The summed E-state index contributed by atoms with van der Waals surface area (Å²) >= 11 is 4.69. The molecule has 1 radical (unpaired) electrons. The molecule has 2 nitrogen and oxygen atoms in total. The highest BCUT2D eigenvalue weighted by molar-refractivity contribution is 7.80. The zero-order valence-electron chi connectivity index (χ0n) is 3.27. The van der Waals surface area contributed by atoms with Gasteiger partial charge in [0.25, 0.3) is 0 Å². The van der Waals surface area contributed by atoms with Crippen molar-refractivity contribution in [3.63, 3.8) is 0 Å². The van der Waals surface area contributed by atoms with Crippen molar-refractivity contribution in [1.29, 1.82) is 0 Å². The van der Waals surface area contributed by atoms with Crippen molar-refractivity contribution in [1.82, 2.24) is 10.6 Å². The lowest BCUT2D eigenvalue weighted by molar-refractivity contribution is 0.811. The van der Waals surface area contributed by atoms with Gasteiger partial charge in [-0.2, -0.15) is 0 Å². The fraction of sp³-hybridized carbons (Fsp3) is 0.667. The van der Waals surface area contributed by atoms with Gasteiger partial charge in [0.15, 0.2) is 0 Å². The van der Waals surface area contributed by atoms with E-state index in [9.17, 15) is 0 Å². The third-order valence-corrected chi connectivity index (χ3v) is 0.917. The molecule has 33 valence electrons. The van der Waals surface area contributed by atoms with E-state index in [0.29, 0.717) is 0 Å². The molecule has 0 saturated carbocycles. The van der Waals surface area contributed by atoms with E-state index >= 15 is 0 Å². The van der Waals surface area contributed by atoms with E-state index in [2.05, 4.69) is 22.9 Å². The lowest BCUT2D eigenvalue weighted by Crippen LogP contribution is -2.06. The highest BCUT2D eigenvalue weighted by Crippen LogP contribution is 1.76. The van der Waals surface area contributed by atoms with Crippen LogP contribution in [0.25, 0.3) is 0 Å². The van der Waals surface area contributed by atoms with E-state index in [1.165, 1.54) is 0 Å². The molecule has 3 heteroatoms. The second-order valence-corrected chi connectivity index (χ2v) is 1.61. The Bertz CT molecular complexity index is 63.2. The summed E-state index contributed by atoms with van der Waals surface area (Å²) in [4.78, 5) is 0.801. The van der Waals surface area contributed by atoms with E-state index < -0.39 is 0 Å². The van der Waals surface area contributed by atoms with Crippen LogP contribution in [0.2, 0.25) is 0 Å². The van der Waals surface area contributed by atoms with Crippen LogP contribution in [-0.4, -0.2) is 18.2 Å². The maximum absolute atomic E-state index is 4.69. The Labute approximate surface area is 41.9 Å². The molecule has 1 fully saturated rings. The molecular weight excluding hydrogens is 96.1 g/mol. The molecule has 1 N–H and O–H groups in total. The molecule has 6 heavy (non-hydrogen) atoms.